The number of nitrogens with one attached hydrogen (secondary N) is 1. The van der Waals surface area contributed by atoms with Crippen LogP contribution in [0.5, 0.6) is 5.75 Å². The topological polar surface area (TPSA) is 38.3 Å². The first kappa shape index (κ1) is 16.1. The second-order valence-electron chi connectivity index (χ2n) is 5.51. The monoisotopic (exact) mass is 297 g/mol. The molecule has 22 heavy (non-hydrogen) atoms. The lowest BCUT2D eigenvalue weighted by atomic mass is 10.00. The summed E-state index contributed by atoms with van der Waals surface area (Å²) in [5.74, 6) is 0.706. The first-order chi connectivity index (χ1) is 10.5. The Kier molecular flexibility index (Phi) is 5.21. The molecule has 0 saturated heterocycles. The van der Waals surface area contributed by atoms with Crippen LogP contribution in [-0.2, 0) is 0 Å². The zero-order valence-corrected chi connectivity index (χ0v) is 13.6. The molecular formula is C19H23NO2. The van der Waals surface area contributed by atoms with E-state index < -0.39 is 0 Å². The zero-order valence-electron chi connectivity index (χ0n) is 13.6. The van der Waals surface area contributed by atoms with Crippen LogP contribution in [0.25, 0.3) is 0 Å². The molecule has 0 spiro atoms. The predicted molar refractivity (Wildman–Crippen MR) is 89.4 cm³/mol. The van der Waals surface area contributed by atoms with Crippen LogP contribution in [0.15, 0.2) is 42.5 Å². The van der Waals surface area contributed by atoms with Gasteiger partial charge in [0.15, 0.2) is 0 Å². The minimum Gasteiger partial charge on any atom is -0.494 e. The highest BCUT2D eigenvalue weighted by Gasteiger charge is 2.13. The number of hydrogen-bond acceptors (Lipinski definition) is 2. The van der Waals surface area contributed by atoms with Crippen molar-refractivity contribution in [3.8, 4) is 5.75 Å². The first-order valence-electron chi connectivity index (χ1n) is 7.62. The van der Waals surface area contributed by atoms with Gasteiger partial charge in [0, 0.05) is 5.56 Å². The van der Waals surface area contributed by atoms with Gasteiger partial charge in [-0.25, -0.2) is 0 Å². The SMILES string of the molecule is CCOc1ccc(C(=O)N[C@H](C)c2ccc(C)cc2C)cc1. The van der Waals surface area contributed by atoms with Crippen molar-refractivity contribution in [3.05, 3.63) is 64.7 Å². The first-order valence-corrected chi connectivity index (χ1v) is 7.62. The van der Waals surface area contributed by atoms with Gasteiger partial charge >= 0.3 is 0 Å². The average Bonchev–Trinajstić information content (AvgIpc) is 2.48. The van der Waals surface area contributed by atoms with Crippen LogP contribution in [0.2, 0.25) is 0 Å². The van der Waals surface area contributed by atoms with Gasteiger partial charge in [-0.2, -0.15) is 0 Å². The number of ether oxygens (including phenoxy) is 1. The molecule has 116 valence electrons. The summed E-state index contributed by atoms with van der Waals surface area (Å²) in [5.41, 5.74) is 4.20. The lowest BCUT2D eigenvalue weighted by molar-refractivity contribution is 0.0940. The smallest absolute Gasteiger partial charge is 0.251 e. The van der Waals surface area contributed by atoms with Crippen molar-refractivity contribution in [2.75, 3.05) is 6.61 Å². The zero-order chi connectivity index (χ0) is 16.1. The Morgan fingerprint density at radius 2 is 1.82 bits per heavy atom. The maximum atomic E-state index is 12.3. The molecule has 0 bridgehead atoms. The molecule has 0 heterocycles. The van der Waals surface area contributed by atoms with Crippen LogP contribution >= 0.6 is 0 Å². The molecule has 2 aromatic rings. The minimum absolute atomic E-state index is 0.0281. The van der Waals surface area contributed by atoms with Gasteiger partial charge in [-0.3, -0.25) is 4.79 Å². The molecule has 0 aromatic heterocycles. The van der Waals surface area contributed by atoms with E-state index in [-0.39, 0.29) is 11.9 Å². The average molecular weight is 297 g/mol. The summed E-state index contributed by atoms with van der Waals surface area (Å²) in [6.45, 7) is 8.70. The highest BCUT2D eigenvalue weighted by molar-refractivity contribution is 5.94. The van der Waals surface area contributed by atoms with Gasteiger partial charge in [-0.15, -0.1) is 0 Å². The van der Waals surface area contributed by atoms with E-state index in [4.69, 9.17) is 4.74 Å². The Bertz CT molecular complexity index is 647. The van der Waals surface area contributed by atoms with Crippen molar-refractivity contribution in [2.24, 2.45) is 0 Å². The summed E-state index contributed by atoms with van der Waals surface area (Å²) in [6, 6.07) is 13.5. The van der Waals surface area contributed by atoms with Crippen molar-refractivity contribution in [2.45, 2.75) is 33.7 Å². The Hall–Kier alpha value is -2.29. The van der Waals surface area contributed by atoms with E-state index >= 15 is 0 Å². The molecule has 3 nitrogen and oxygen atoms in total. The number of carbonyl (C=O) groups is 1. The molecule has 2 aromatic carbocycles. The Morgan fingerprint density at radius 3 is 2.41 bits per heavy atom. The maximum absolute atomic E-state index is 12.3. The van der Waals surface area contributed by atoms with Crippen LogP contribution in [-0.4, -0.2) is 12.5 Å². The molecule has 0 aliphatic carbocycles. The summed E-state index contributed by atoms with van der Waals surface area (Å²) in [4.78, 5) is 12.3. The van der Waals surface area contributed by atoms with Gasteiger partial charge in [0.2, 0.25) is 0 Å². The predicted octanol–water partition coefficient (Wildman–Crippen LogP) is 4.19. The highest BCUT2D eigenvalue weighted by Crippen LogP contribution is 2.19. The molecule has 0 saturated carbocycles. The highest BCUT2D eigenvalue weighted by atomic mass is 16.5. The third-order valence-corrected chi connectivity index (χ3v) is 3.67. The van der Waals surface area contributed by atoms with E-state index in [0.717, 1.165) is 11.3 Å². The molecule has 3 heteroatoms. The summed E-state index contributed by atoms with van der Waals surface area (Å²) in [6.07, 6.45) is 0. The molecule has 0 aliphatic rings. The van der Waals surface area contributed by atoms with Crippen molar-refractivity contribution in [3.63, 3.8) is 0 Å². The Balaban J connectivity index is 2.07. The van der Waals surface area contributed by atoms with E-state index in [1.807, 2.05) is 26.0 Å². The standard InChI is InChI=1S/C19H23NO2/c1-5-22-17-9-7-16(8-10-17)19(21)20-15(4)18-11-6-13(2)12-14(18)3/h6-12,15H,5H2,1-4H3,(H,20,21)/t15-/m1/s1. The molecule has 1 atom stereocenters. The van der Waals surface area contributed by atoms with Crippen molar-refractivity contribution in [1.82, 2.24) is 5.32 Å². The summed E-state index contributed by atoms with van der Waals surface area (Å²) < 4.78 is 5.39. The second kappa shape index (κ2) is 7.12. The van der Waals surface area contributed by atoms with E-state index in [2.05, 4.69) is 37.4 Å². The van der Waals surface area contributed by atoms with Gasteiger partial charge in [-0.1, -0.05) is 23.8 Å². The number of rotatable bonds is 5. The molecule has 0 fully saturated rings. The molecule has 0 unspecified atom stereocenters. The van der Waals surface area contributed by atoms with Gasteiger partial charge in [-0.05, 0) is 63.1 Å². The molecule has 0 aliphatic heterocycles. The van der Waals surface area contributed by atoms with Crippen LogP contribution in [0.4, 0.5) is 0 Å². The van der Waals surface area contributed by atoms with Crippen molar-refractivity contribution < 1.29 is 9.53 Å². The van der Waals surface area contributed by atoms with Crippen molar-refractivity contribution in [1.29, 1.82) is 0 Å². The van der Waals surface area contributed by atoms with E-state index in [1.54, 1.807) is 12.1 Å². The van der Waals surface area contributed by atoms with Crippen LogP contribution in [0.1, 0.15) is 46.9 Å². The third kappa shape index (κ3) is 3.88. The fraction of sp³-hybridized carbons (Fsp3) is 0.316. The maximum Gasteiger partial charge on any atom is 0.251 e. The summed E-state index contributed by atoms with van der Waals surface area (Å²) in [7, 11) is 0. The van der Waals surface area contributed by atoms with Gasteiger partial charge in [0.25, 0.3) is 5.91 Å². The largest absolute Gasteiger partial charge is 0.494 e. The molecule has 1 N–H and O–H groups in total. The molecular weight excluding hydrogens is 274 g/mol. The lowest BCUT2D eigenvalue weighted by Crippen LogP contribution is -2.27. The lowest BCUT2D eigenvalue weighted by Gasteiger charge is -2.17. The normalized spacial score (nSPS) is 11.8. The van der Waals surface area contributed by atoms with Crippen LogP contribution in [0.3, 0.4) is 0 Å². The number of aryl methyl sites for hydroxylation is 2. The Labute approximate surface area is 132 Å². The minimum atomic E-state index is -0.0736. The third-order valence-electron chi connectivity index (χ3n) is 3.67. The molecule has 0 radical (unpaired) electrons. The van der Waals surface area contributed by atoms with E-state index in [9.17, 15) is 4.79 Å². The summed E-state index contributed by atoms with van der Waals surface area (Å²) >= 11 is 0. The fourth-order valence-electron chi connectivity index (χ4n) is 2.54. The van der Waals surface area contributed by atoms with Gasteiger partial charge in [0.1, 0.15) is 5.75 Å². The van der Waals surface area contributed by atoms with E-state index in [0.29, 0.717) is 12.2 Å². The number of amides is 1. The number of benzene rings is 2. The van der Waals surface area contributed by atoms with Gasteiger partial charge < -0.3 is 10.1 Å². The van der Waals surface area contributed by atoms with Crippen LogP contribution in [0, 0.1) is 13.8 Å². The van der Waals surface area contributed by atoms with Gasteiger partial charge in [0.05, 0.1) is 12.6 Å². The summed E-state index contributed by atoms with van der Waals surface area (Å²) in [5, 5.41) is 3.04. The molecule has 1 amide bonds. The second-order valence-corrected chi connectivity index (χ2v) is 5.51. The van der Waals surface area contributed by atoms with E-state index in [1.165, 1.54) is 11.1 Å². The fourth-order valence-corrected chi connectivity index (χ4v) is 2.54. The Morgan fingerprint density at radius 1 is 1.14 bits per heavy atom. The number of carbonyl (C=O) groups excluding carboxylic acids is 1. The van der Waals surface area contributed by atoms with Crippen LogP contribution < -0.4 is 10.1 Å². The van der Waals surface area contributed by atoms with Crippen molar-refractivity contribution >= 4 is 5.91 Å². The number of hydrogen-bond donors (Lipinski definition) is 1. The molecule has 2 rings (SSSR count). The quantitative estimate of drug-likeness (QED) is 0.898.